The fourth-order valence-corrected chi connectivity index (χ4v) is 2.30. The van der Waals surface area contributed by atoms with Crippen molar-refractivity contribution in [2.45, 2.75) is 26.3 Å². The van der Waals surface area contributed by atoms with Gasteiger partial charge in [0.15, 0.2) is 0 Å². The zero-order chi connectivity index (χ0) is 12.8. The predicted octanol–water partition coefficient (Wildman–Crippen LogP) is 1.65. The van der Waals surface area contributed by atoms with Crippen LogP contribution in [-0.4, -0.2) is 38.3 Å². The van der Waals surface area contributed by atoms with Gasteiger partial charge < -0.3 is 19.4 Å². The Bertz CT molecular complexity index is 346. The van der Waals surface area contributed by atoms with E-state index >= 15 is 0 Å². The number of piperidine rings is 1. The highest BCUT2D eigenvalue weighted by Crippen LogP contribution is 2.22. The molecule has 1 aliphatic rings. The lowest BCUT2D eigenvalue weighted by Crippen LogP contribution is -2.35. The van der Waals surface area contributed by atoms with Crippen LogP contribution in [0, 0.1) is 5.92 Å². The molecule has 0 saturated carbocycles. The Morgan fingerprint density at radius 2 is 2.28 bits per heavy atom. The largest absolute Gasteiger partial charge is 0.432 e. The summed E-state index contributed by atoms with van der Waals surface area (Å²) in [7, 11) is 1.77. The number of anilines is 1. The molecular weight excluding hydrogens is 230 g/mol. The summed E-state index contributed by atoms with van der Waals surface area (Å²) in [6.07, 6.45) is 4.05. The number of oxazole rings is 1. The van der Waals surface area contributed by atoms with Gasteiger partial charge >= 0.3 is 0 Å². The van der Waals surface area contributed by atoms with Crippen molar-refractivity contribution in [3.05, 3.63) is 12.0 Å². The van der Waals surface area contributed by atoms with Crippen LogP contribution in [0.3, 0.4) is 0 Å². The summed E-state index contributed by atoms with van der Waals surface area (Å²) >= 11 is 0. The molecule has 0 aliphatic carbocycles. The Morgan fingerprint density at radius 3 is 2.94 bits per heavy atom. The molecule has 1 aromatic heterocycles. The minimum atomic E-state index is 0.683. The van der Waals surface area contributed by atoms with E-state index in [0.29, 0.717) is 5.92 Å². The van der Waals surface area contributed by atoms with Crippen molar-refractivity contribution < 1.29 is 9.15 Å². The molecule has 5 nitrogen and oxygen atoms in total. The zero-order valence-electron chi connectivity index (χ0n) is 11.3. The molecule has 0 bridgehead atoms. The molecule has 1 saturated heterocycles. The van der Waals surface area contributed by atoms with Crippen LogP contribution in [0.25, 0.3) is 0 Å². The van der Waals surface area contributed by atoms with E-state index in [-0.39, 0.29) is 0 Å². The summed E-state index contributed by atoms with van der Waals surface area (Å²) in [5.41, 5.74) is 0.978. The third-order valence-corrected chi connectivity index (χ3v) is 3.38. The maximum absolute atomic E-state index is 5.54. The summed E-state index contributed by atoms with van der Waals surface area (Å²) < 4.78 is 10.7. The van der Waals surface area contributed by atoms with E-state index in [4.69, 9.17) is 9.15 Å². The Kier molecular flexibility index (Phi) is 5.01. The van der Waals surface area contributed by atoms with Crippen LogP contribution in [0.4, 0.5) is 6.01 Å². The van der Waals surface area contributed by atoms with Gasteiger partial charge in [0.05, 0.1) is 5.69 Å². The number of nitrogens with zero attached hydrogens (tertiary/aromatic N) is 2. The predicted molar refractivity (Wildman–Crippen MR) is 70.7 cm³/mol. The lowest BCUT2D eigenvalue weighted by atomic mass is 9.98. The van der Waals surface area contributed by atoms with E-state index in [0.717, 1.165) is 57.3 Å². The molecule has 1 N–H and O–H groups in total. The van der Waals surface area contributed by atoms with E-state index in [1.807, 2.05) is 0 Å². The van der Waals surface area contributed by atoms with E-state index in [1.54, 1.807) is 13.4 Å². The van der Waals surface area contributed by atoms with Crippen molar-refractivity contribution in [3.63, 3.8) is 0 Å². The second kappa shape index (κ2) is 6.75. The van der Waals surface area contributed by atoms with Crippen LogP contribution in [-0.2, 0) is 11.3 Å². The fourth-order valence-electron chi connectivity index (χ4n) is 2.30. The highest BCUT2D eigenvalue weighted by molar-refractivity contribution is 5.27. The van der Waals surface area contributed by atoms with E-state index in [2.05, 4.69) is 22.1 Å². The Hall–Kier alpha value is -1.07. The molecule has 0 spiro atoms. The first kappa shape index (κ1) is 13.4. The number of methoxy groups -OCH3 is 1. The standard InChI is InChI=1S/C13H23N3O2/c1-3-14-8-12-10-18-13(15-12)16-6-4-11(5-7-16)9-17-2/h10-11,14H,3-9H2,1-2H3. The maximum atomic E-state index is 5.54. The quantitative estimate of drug-likeness (QED) is 0.835. The van der Waals surface area contributed by atoms with Crippen LogP contribution >= 0.6 is 0 Å². The maximum Gasteiger partial charge on any atom is 0.297 e. The molecule has 2 rings (SSSR count). The molecule has 0 aromatic carbocycles. The highest BCUT2D eigenvalue weighted by atomic mass is 16.5. The van der Waals surface area contributed by atoms with Crippen LogP contribution in [0.2, 0.25) is 0 Å². The number of rotatable bonds is 6. The monoisotopic (exact) mass is 253 g/mol. The molecule has 5 heteroatoms. The molecule has 1 fully saturated rings. The van der Waals surface area contributed by atoms with E-state index in [9.17, 15) is 0 Å². The third-order valence-electron chi connectivity index (χ3n) is 3.38. The van der Waals surface area contributed by atoms with Crippen molar-refractivity contribution in [2.24, 2.45) is 5.92 Å². The van der Waals surface area contributed by atoms with Gasteiger partial charge in [0.1, 0.15) is 6.26 Å². The lowest BCUT2D eigenvalue weighted by molar-refractivity contribution is 0.138. The van der Waals surface area contributed by atoms with Crippen LogP contribution in [0.15, 0.2) is 10.7 Å². The summed E-state index contributed by atoms with van der Waals surface area (Å²) in [5.74, 6) is 0.683. The van der Waals surface area contributed by atoms with Gasteiger partial charge in [-0.3, -0.25) is 0 Å². The summed E-state index contributed by atoms with van der Waals surface area (Å²) in [5, 5.41) is 3.25. The average Bonchev–Trinajstić information content (AvgIpc) is 2.86. The first-order valence-corrected chi connectivity index (χ1v) is 6.72. The van der Waals surface area contributed by atoms with Crippen LogP contribution < -0.4 is 10.2 Å². The SMILES string of the molecule is CCNCc1coc(N2CCC(COC)CC2)n1. The second-order valence-electron chi connectivity index (χ2n) is 4.79. The summed E-state index contributed by atoms with van der Waals surface area (Å²) in [6, 6.07) is 0.763. The van der Waals surface area contributed by atoms with Crippen LogP contribution in [0.5, 0.6) is 0 Å². The summed E-state index contributed by atoms with van der Waals surface area (Å²) in [6.45, 7) is 6.70. The number of nitrogens with one attached hydrogen (secondary N) is 1. The molecule has 0 atom stereocenters. The molecule has 2 heterocycles. The average molecular weight is 253 g/mol. The lowest BCUT2D eigenvalue weighted by Gasteiger charge is -2.30. The molecule has 1 aromatic rings. The van der Waals surface area contributed by atoms with Crippen molar-refractivity contribution in [3.8, 4) is 0 Å². The van der Waals surface area contributed by atoms with Gasteiger partial charge in [0.2, 0.25) is 0 Å². The molecule has 1 aliphatic heterocycles. The number of hydrogen-bond donors (Lipinski definition) is 1. The van der Waals surface area contributed by atoms with Gasteiger partial charge in [-0.25, -0.2) is 0 Å². The number of hydrogen-bond acceptors (Lipinski definition) is 5. The first-order valence-electron chi connectivity index (χ1n) is 6.72. The minimum absolute atomic E-state index is 0.683. The molecule has 18 heavy (non-hydrogen) atoms. The van der Waals surface area contributed by atoms with Gasteiger partial charge in [-0.2, -0.15) is 4.98 Å². The van der Waals surface area contributed by atoms with Crippen molar-refractivity contribution >= 4 is 6.01 Å². The highest BCUT2D eigenvalue weighted by Gasteiger charge is 2.22. The molecule has 0 amide bonds. The van der Waals surface area contributed by atoms with Gasteiger partial charge in [-0.15, -0.1) is 0 Å². The molecule has 0 radical (unpaired) electrons. The molecular formula is C13H23N3O2. The van der Waals surface area contributed by atoms with Gasteiger partial charge in [0, 0.05) is 33.4 Å². The Morgan fingerprint density at radius 1 is 1.50 bits per heavy atom. The van der Waals surface area contributed by atoms with Gasteiger partial charge in [-0.05, 0) is 25.3 Å². The number of ether oxygens (including phenoxy) is 1. The second-order valence-corrected chi connectivity index (χ2v) is 4.79. The third kappa shape index (κ3) is 3.46. The van der Waals surface area contributed by atoms with Crippen molar-refractivity contribution in [2.75, 3.05) is 38.3 Å². The Labute approximate surface area is 109 Å². The van der Waals surface area contributed by atoms with Crippen molar-refractivity contribution in [1.29, 1.82) is 0 Å². The van der Waals surface area contributed by atoms with E-state index < -0.39 is 0 Å². The minimum Gasteiger partial charge on any atom is -0.432 e. The first-order chi connectivity index (χ1) is 8.83. The van der Waals surface area contributed by atoms with Gasteiger partial charge in [-0.1, -0.05) is 6.92 Å². The topological polar surface area (TPSA) is 50.5 Å². The van der Waals surface area contributed by atoms with E-state index in [1.165, 1.54) is 0 Å². The normalized spacial score (nSPS) is 17.3. The molecule has 0 unspecified atom stereocenters. The van der Waals surface area contributed by atoms with Crippen LogP contribution in [0.1, 0.15) is 25.5 Å². The van der Waals surface area contributed by atoms with Crippen molar-refractivity contribution in [1.82, 2.24) is 10.3 Å². The summed E-state index contributed by atoms with van der Waals surface area (Å²) in [4.78, 5) is 6.73. The Balaban J connectivity index is 1.83. The number of aromatic nitrogens is 1. The smallest absolute Gasteiger partial charge is 0.297 e. The zero-order valence-corrected chi connectivity index (χ0v) is 11.3. The fraction of sp³-hybridized carbons (Fsp3) is 0.769. The van der Waals surface area contributed by atoms with Gasteiger partial charge in [0.25, 0.3) is 6.01 Å². The molecule has 102 valence electrons.